The molecule has 1 aromatic rings. The highest BCUT2D eigenvalue weighted by Crippen LogP contribution is 2.32. The van der Waals surface area contributed by atoms with Crippen molar-refractivity contribution in [3.63, 3.8) is 0 Å². The summed E-state index contributed by atoms with van der Waals surface area (Å²) in [5.41, 5.74) is 0.561. The molecule has 0 aromatic heterocycles. The molecule has 21 heavy (non-hydrogen) atoms. The highest BCUT2D eigenvalue weighted by molar-refractivity contribution is 5.96. The lowest BCUT2D eigenvalue weighted by atomic mass is 9.78. The second-order valence-corrected chi connectivity index (χ2v) is 5.78. The van der Waals surface area contributed by atoms with E-state index in [0.717, 1.165) is 25.7 Å². The average molecular weight is 291 g/mol. The Balaban J connectivity index is 2.18. The van der Waals surface area contributed by atoms with Crippen LogP contribution in [0.15, 0.2) is 18.2 Å². The van der Waals surface area contributed by atoms with Gasteiger partial charge in [0.1, 0.15) is 5.69 Å². The van der Waals surface area contributed by atoms with Crippen LogP contribution in [0.1, 0.15) is 49.9 Å². The molecule has 0 spiro atoms. The van der Waals surface area contributed by atoms with E-state index in [1.165, 1.54) is 6.07 Å². The number of nitro benzene ring substituents is 1. The molecule has 0 saturated heterocycles. The van der Waals surface area contributed by atoms with Gasteiger partial charge in [-0.15, -0.1) is 0 Å². The number of carbonyl (C=O) groups is 1. The van der Waals surface area contributed by atoms with Gasteiger partial charge in [0.2, 0.25) is 0 Å². The SMILES string of the molecule is CCCNc1ccc(C(=O)NC2(C)CCC2)cc1[N+](=O)[O-]. The Morgan fingerprint density at radius 2 is 2.14 bits per heavy atom. The molecule has 1 saturated carbocycles. The summed E-state index contributed by atoms with van der Waals surface area (Å²) >= 11 is 0. The van der Waals surface area contributed by atoms with Gasteiger partial charge in [0, 0.05) is 23.7 Å². The van der Waals surface area contributed by atoms with Crippen molar-refractivity contribution in [3.05, 3.63) is 33.9 Å². The predicted molar refractivity (Wildman–Crippen MR) is 81.6 cm³/mol. The van der Waals surface area contributed by atoms with Crippen molar-refractivity contribution in [1.29, 1.82) is 0 Å². The number of rotatable bonds is 6. The first-order valence-corrected chi connectivity index (χ1v) is 7.30. The van der Waals surface area contributed by atoms with Gasteiger partial charge in [0.05, 0.1) is 4.92 Å². The molecule has 1 amide bonds. The second kappa shape index (κ2) is 6.11. The fourth-order valence-corrected chi connectivity index (χ4v) is 2.41. The third-order valence-electron chi connectivity index (χ3n) is 3.89. The molecule has 1 fully saturated rings. The van der Waals surface area contributed by atoms with Crippen molar-refractivity contribution in [1.82, 2.24) is 5.32 Å². The Labute approximate surface area is 124 Å². The van der Waals surface area contributed by atoms with Gasteiger partial charge in [-0.1, -0.05) is 6.92 Å². The molecule has 1 aliphatic carbocycles. The van der Waals surface area contributed by atoms with Gasteiger partial charge in [-0.3, -0.25) is 14.9 Å². The molecule has 2 N–H and O–H groups in total. The van der Waals surface area contributed by atoms with Gasteiger partial charge in [0.25, 0.3) is 11.6 Å². The normalized spacial score (nSPS) is 15.9. The topological polar surface area (TPSA) is 84.3 Å². The fraction of sp³-hybridized carbons (Fsp3) is 0.533. The minimum atomic E-state index is -0.458. The molecule has 0 atom stereocenters. The molecule has 0 aliphatic heterocycles. The van der Waals surface area contributed by atoms with Crippen LogP contribution < -0.4 is 10.6 Å². The number of hydrogen-bond donors (Lipinski definition) is 2. The molecule has 1 aromatic carbocycles. The van der Waals surface area contributed by atoms with Crippen LogP contribution in [0.25, 0.3) is 0 Å². The van der Waals surface area contributed by atoms with Crippen molar-refractivity contribution in [3.8, 4) is 0 Å². The van der Waals surface area contributed by atoms with Crippen LogP contribution in [-0.2, 0) is 0 Å². The summed E-state index contributed by atoms with van der Waals surface area (Å²) in [5, 5.41) is 17.1. The lowest BCUT2D eigenvalue weighted by molar-refractivity contribution is -0.384. The molecule has 0 heterocycles. The van der Waals surface area contributed by atoms with Gasteiger partial charge in [-0.2, -0.15) is 0 Å². The zero-order chi connectivity index (χ0) is 15.5. The van der Waals surface area contributed by atoms with E-state index in [9.17, 15) is 14.9 Å². The van der Waals surface area contributed by atoms with Crippen molar-refractivity contribution in [2.45, 2.75) is 45.1 Å². The van der Waals surface area contributed by atoms with Gasteiger partial charge in [-0.25, -0.2) is 0 Å². The van der Waals surface area contributed by atoms with Gasteiger partial charge >= 0.3 is 0 Å². The predicted octanol–water partition coefficient (Wildman–Crippen LogP) is 3.09. The number of carbonyl (C=O) groups excluding carboxylic acids is 1. The summed E-state index contributed by atoms with van der Waals surface area (Å²) in [6.07, 6.45) is 3.89. The first-order valence-electron chi connectivity index (χ1n) is 7.30. The first kappa shape index (κ1) is 15.3. The van der Waals surface area contributed by atoms with Crippen LogP contribution in [0.3, 0.4) is 0 Å². The third-order valence-corrected chi connectivity index (χ3v) is 3.89. The Morgan fingerprint density at radius 3 is 2.67 bits per heavy atom. The van der Waals surface area contributed by atoms with Gasteiger partial charge in [-0.05, 0) is 44.7 Å². The Bertz CT molecular complexity index is 553. The summed E-state index contributed by atoms with van der Waals surface area (Å²) in [6, 6.07) is 4.57. The van der Waals surface area contributed by atoms with Crippen LogP contribution in [0.5, 0.6) is 0 Å². The van der Waals surface area contributed by atoms with E-state index in [1.807, 2.05) is 13.8 Å². The monoisotopic (exact) mass is 291 g/mol. The van der Waals surface area contributed by atoms with Crippen LogP contribution in [0.4, 0.5) is 11.4 Å². The molecule has 6 heteroatoms. The van der Waals surface area contributed by atoms with Crippen LogP contribution in [0, 0.1) is 10.1 Å². The number of nitrogens with zero attached hydrogens (tertiary/aromatic N) is 1. The standard InChI is InChI=1S/C15H21N3O3/c1-3-9-16-12-6-5-11(10-13(12)18(20)21)14(19)17-15(2)7-4-8-15/h5-6,10,16H,3-4,7-9H2,1-2H3,(H,17,19). The van der Waals surface area contributed by atoms with Crippen molar-refractivity contribution in [2.75, 3.05) is 11.9 Å². The van der Waals surface area contributed by atoms with Gasteiger partial charge < -0.3 is 10.6 Å². The lowest BCUT2D eigenvalue weighted by Crippen LogP contribution is -2.50. The highest BCUT2D eigenvalue weighted by Gasteiger charge is 2.33. The smallest absolute Gasteiger partial charge is 0.293 e. The van der Waals surface area contributed by atoms with Crippen LogP contribution in [0.2, 0.25) is 0 Å². The second-order valence-electron chi connectivity index (χ2n) is 5.78. The van der Waals surface area contributed by atoms with E-state index in [0.29, 0.717) is 17.8 Å². The van der Waals surface area contributed by atoms with Crippen molar-refractivity contribution < 1.29 is 9.72 Å². The van der Waals surface area contributed by atoms with E-state index in [-0.39, 0.29) is 17.1 Å². The largest absolute Gasteiger partial charge is 0.380 e. The summed E-state index contributed by atoms with van der Waals surface area (Å²) in [7, 11) is 0. The molecule has 0 radical (unpaired) electrons. The fourth-order valence-electron chi connectivity index (χ4n) is 2.41. The maximum Gasteiger partial charge on any atom is 0.293 e. The molecule has 0 unspecified atom stereocenters. The van der Waals surface area contributed by atoms with E-state index in [2.05, 4.69) is 10.6 Å². The summed E-state index contributed by atoms with van der Waals surface area (Å²) < 4.78 is 0. The first-order chi connectivity index (χ1) is 9.95. The van der Waals surface area contributed by atoms with E-state index in [4.69, 9.17) is 0 Å². The highest BCUT2D eigenvalue weighted by atomic mass is 16.6. The average Bonchev–Trinajstić information content (AvgIpc) is 2.43. The van der Waals surface area contributed by atoms with E-state index >= 15 is 0 Å². The number of nitro groups is 1. The molecule has 1 aliphatic rings. The summed E-state index contributed by atoms with van der Waals surface area (Å²) in [4.78, 5) is 22.9. The quantitative estimate of drug-likeness (QED) is 0.623. The third kappa shape index (κ3) is 3.51. The molecule has 2 rings (SSSR count). The number of benzene rings is 1. The maximum absolute atomic E-state index is 12.2. The molecule has 114 valence electrons. The molecule has 6 nitrogen and oxygen atoms in total. The minimum Gasteiger partial charge on any atom is -0.380 e. The lowest BCUT2D eigenvalue weighted by Gasteiger charge is -2.39. The Morgan fingerprint density at radius 1 is 1.43 bits per heavy atom. The van der Waals surface area contributed by atoms with Gasteiger partial charge in [0.15, 0.2) is 0 Å². The summed E-state index contributed by atoms with van der Waals surface area (Å²) in [5.74, 6) is -0.248. The van der Waals surface area contributed by atoms with Crippen molar-refractivity contribution >= 4 is 17.3 Å². The zero-order valence-electron chi connectivity index (χ0n) is 12.4. The Kier molecular flexibility index (Phi) is 4.45. The number of nitrogens with one attached hydrogen (secondary N) is 2. The van der Waals surface area contributed by atoms with Crippen LogP contribution in [-0.4, -0.2) is 22.9 Å². The number of anilines is 1. The molecular weight excluding hydrogens is 270 g/mol. The minimum absolute atomic E-state index is 0.0603. The Hall–Kier alpha value is -2.11. The maximum atomic E-state index is 12.2. The van der Waals surface area contributed by atoms with E-state index in [1.54, 1.807) is 12.1 Å². The number of amides is 1. The van der Waals surface area contributed by atoms with Crippen molar-refractivity contribution in [2.24, 2.45) is 0 Å². The number of hydrogen-bond acceptors (Lipinski definition) is 4. The molecular formula is C15H21N3O3. The van der Waals surface area contributed by atoms with Crippen LogP contribution >= 0.6 is 0 Å². The van der Waals surface area contributed by atoms with E-state index < -0.39 is 4.92 Å². The summed E-state index contributed by atoms with van der Waals surface area (Å²) in [6.45, 7) is 4.64. The molecule has 0 bridgehead atoms. The zero-order valence-corrected chi connectivity index (χ0v) is 12.4.